The van der Waals surface area contributed by atoms with Gasteiger partial charge >= 0.3 is 0 Å². The Morgan fingerprint density at radius 2 is 2.00 bits per heavy atom. The van der Waals surface area contributed by atoms with Gasteiger partial charge in [-0.1, -0.05) is 0 Å². The smallest absolute Gasteiger partial charge is 0.217 e. The van der Waals surface area contributed by atoms with Crippen LogP contribution in [-0.2, 0) is 0 Å². The molecule has 0 radical (unpaired) electrons. The number of H-pyrrole nitrogens is 2. The molecule has 0 aliphatic carbocycles. The molecule has 0 fully saturated rings. The predicted octanol–water partition coefficient (Wildman–Crippen LogP) is 3.11. The number of aryl methyl sites for hydroxylation is 1. The van der Waals surface area contributed by atoms with Gasteiger partial charge in [-0.15, -0.1) is 11.3 Å². The maximum atomic E-state index is 14.4. The standard InChI is InChI=1S/C14H8F2N4OS/c1-5-9-11-10(6(15)2-7(21)12(11)16)13(8-3-17-4-22-8)18-14(9)20-19-5/h2-4H,1H3,(H2,18,19,20). The van der Waals surface area contributed by atoms with E-state index in [1.807, 2.05) is 0 Å². The van der Waals surface area contributed by atoms with Crippen molar-refractivity contribution in [2.75, 3.05) is 0 Å². The van der Waals surface area contributed by atoms with Crippen molar-refractivity contribution in [3.63, 3.8) is 0 Å². The molecule has 0 aliphatic rings. The summed E-state index contributed by atoms with van der Waals surface area (Å²) in [5.41, 5.74) is 1.80. The lowest BCUT2D eigenvalue weighted by molar-refractivity contribution is 0.609. The van der Waals surface area contributed by atoms with Crippen molar-refractivity contribution in [2.24, 2.45) is 0 Å². The second-order valence-electron chi connectivity index (χ2n) is 4.85. The lowest BCUT2D eigenvalue weighted by Gasteiger charge is -2.07. The van der Waals surface area contributed by atoms with Gasteiger partial charge in [-0.05, 0) is 6.92 Å². The number of pyridine rings is 1. The number of halogens is 2. The molecule has 2 N–H and O–H groups in total. The van der Waals surface area contributed by atoms with Gasteiger partial charge in [0.15, 0.2) is 11.5 Å². The third-order valence-corrected chi connectivity index (χ3v) is 4.32. The Kier molecular flexibility index (Phi) is 2.64. The number of hydrogen-bond donors (Lipinski definition) is 2. The van der Waals surface area contributed by atoms with Crippen LogP contribution in [-0.4, -0.2) is 20.2 Å². The first-order chi connectivity index (χ1) is 10.6. The topological polar surface area (TPSA) is 74.4 Å². The molecule has 22 heavy (non-hydrogen) atoms. The van der Waals surface area contributed by atoms with Crippen molar-refractivity contribution >= 4 is 33.1 Å². The van der Waals surface area contributed by atoms with Crippen LogP contribution in [0.2, 0.25) is 0 Å². The van der Waals surface area contributed by atoms with E-state index in [0.29, 0.717) is 27.7 Å². The predicted molar refractivity (Wildman–Crippen MR) is 80.0 cm³/mol. The number of aromatic nitrogens is 4. The second kappa shape index (κ2) is 4.44. The molecular formula is C14H8F2N4OS. The number of nitrogens with one attached hydrogen (secondary N) is 2. The first-order valence-corrected chi connectivity index (χ1v) is 7.23. The van der Waals surface area contributed by atoms with E-state index < -0.39 is 17.1 Å². The van der Waals surface area contributed by atoms with Crippen LogP contribution in [0, 0.1) is 18.6 Å². The molecule has 0 saturated carbocycles. The highest BCUT2D eigenvalue weighted by Gasteiger charge is 2.22. The first-order valence-electron chi connectivity index (χ1n) is 6.35. The molecule has 0 amide bonds. The van der Waals surface area contributed by atoms with Crippen LogP contribution in [0.3, 0.4) is 0 Å². The molecule has 3 heterocycles. The number of thiazole rings is 1. The van der Waals surface area contributed by atoms with Crippen molar-refractivity contribution in [1.29, 1.82) is 0 Å². The summed E-state index contributed by atoms with van der Waals surface area (Å²) in [6.45, 7) is 1.70. The lowest BCUT2D eigenvalue weighted by Crippen LogP contribution is -2.08. The zero-order chi connectivity index (χ0) is 15.4. The molecule has 1 aromatic carbocycles. The maximum absolute atomic E-state index is 14.4. The van der Waals surface area contributed by atoms with E-state index in [-0.39, 0.29) is 16.5 Å². The van der Waals surface area contributed by atoms with Gasteiger partial charge in [-0.3, -0.25) is 14.9 Å². The summed E-state index contributed by atoms with van der Waals surface area (Å²) in [4.78, 5) is 20.6. The fourth-order valence-corrected chi connectivity index (χ4v) is 3.21. The van der Waals surface area contributed by atoms with E-state index in [2.05, 4.69) is 20.2 Å². The van der Waals surface area contributed by atoms with Crippen LogP contribution in [0.5, 0.6) is 0 Å². The van der Waals surface area contributed by atoms with Crippen LogP contribution in [0.1, 0.15) is 5.69 Å². The summed E-state index contributed by atoms with van der Waals surface area (Å²) in [7, 11) is 0. The Morgan fingerprint density at radius 3 is 2.73 bits per heavy atom. The van der Waals surface area contributed by atoms with Crippen molar-refractivity contribution in [2.45, 2.75) is 6.92 Å². The van der Waals surface area contributed by atoms with E-state index in [9.17, 15) is 13.6 Å². The molecule has 110 valence electrons. The number of aromatic amines is 2. The summed E-state index contributed by atoms with van der Waals surface area (Å²) in [6.07, 6.45) is 1.53. The zero-order valence-corrected chi connectivity index (χ0v) is 12.0. The minimum Gasteiger partial charge on any atom is -0.303 e. The number of benzene rings is 1. The second-order valence-corrected chi connectivity index (χ2v) is 5.73. The number of nitrogens with zero attached hydrogens (tertiary/aromatic N) is 2. The van der Waals surface area contributed by atoms with Gasteiger partial charge in [-0.25, -0.2) is 13.8 Å². The zero-order valence-electron chi connectivity index (χ0n) is 11.2. The molecule has 4 rings (SSSR count). The van der Waals surface area contributed by atoms with Crippen molar-refractivity contribution < 1.29 is 8.78 Å². The highest BCUT2D eigenvalue weighted by Crippen LogP contribution is 2.36. The summed E-state index contributed by atoms with van der Waals surface area (Å²) < 4.78 is 28.8. The minimum atomic E-state index is -0.981. The Hall–Kier alpha value is -2.61. The van der Waals surface area contributed by atoms with Gasteiger partial charge < -0.3 is 5.10 Å². The Labute approximate surface area is 125 Å². The highest BCUT2D eigenvalue weighted by molar-refractivity contribution is 7.13. The molecule has 4 aromatic rings. The minimum absolute atomic E-state index is 0.00931. The van der Waals surface area contributed by atoms with Crippen molar-refractivity contribution in [1.82, 2.24) is 20.2 Å². The molecule has 0 bridgehead atoms. The molecule has 3 aromatic heterocycles. The number of fused-ring (bicyclic) bond motifs is 3. The van der Waals surface area contributed by atoms with Crippen molar-refractivity contribution in [3.8, 4) is 10.6 Å². The summed E-state index contributed by atoms with van der Waals surface area (Å²) >= 11 is 1.26. The molecule has 5 nitrogen and oxygen atoms in total. The lowest BCUT2D eigenvalue weighted by atomic mass is 10.0. The van der Waals surface area contributed by atoms with Gasteiger partial charge in [0.05, 0.1) is 21.5 Å². The molecule has 0 spiro atoms. The van der Waals surface area contributed by atoms with Gasteiger partial charge in [-0.2, -0.15) is 0 Å². The summed E-state index contributed by atoms with van der Waals surface area (Å²) in [5.74, 6) is -1.77. The molecular weight excluding hydrogens is 310 g/mol. The largest absolute Gasteiger partial charge is 0.303 e. The fraction of sp³-hybridized carbons (Fsp3) is 0.0714. The Morgan fingerprint density at radius 1 is 1.18 bits per heavy atom. The maximum Gasteiger partial charge on any atom is 0.217 e. The van der Waals surface area contributed by atoms with E-state index in [4.69, 9.17) is 0 Å². The van der Waals surface area contributed by atoms with E-state index in [0.717, 1.165) is 0 Å². The van der Waals surface area contributed by atoms with Gasteiger partial charge in [0.2, 0.25) is 5.43 Å². The average Bonchev–Trinajstić information content (AvgIpc) is 3.13. The van der Waals surface area contributed by atoms with Crippen LogP contribution >= 0.6 is 11.3 Å². The normalized spacial score (nSPS) is 11.6. The fourth-order valence-electron chi connectivity index (χ4n) is 2.59. The first kappa shape index (κ1) is 13.1. The van der Waals surface area contributed by atoms with Gasteiger partial charge in [0.1, 0.15) is 5.82 Å². The van der Waals surface area contributed by atoms with Crippen LogP contribution in [0.4, 0.5) is 8.78 Å². The number of hydrogen-bond acceptors (Lipinski definition) is 4. The number of rotatable bonds is 1. The molecule has 0 unspecified atom stereocenters. The third kappa shape index (κ3) is 1.64. The molecule has 8 heteroatoms. The van der Waals surface area contributed by atoms with E-state index >= 15 is 0 Å². The van der Waals surface area contributed by atoms with Crippen LogP contribution in [0.25, 0.3) is 32.4 Å². The quantitative estimate of drug-likeness (QED) is 0.566. The van der Waals surface area contributed by atoms with Crippen molar-refractivity contribution in [3.05, 3.63) is 45.3 Å². The highest BCUT2D eigenvalue weighted by atomic mass is 32.1. The average molecular weight is 318 g/mol. The van der Waals surface area contributed by atoms with E-state index in [1.165, 1.54) is 17.5 Å². The Balaban J connectivity index is 2.36. The molecule has 0 aliphatic heterocycles. The van der Waals surface area contributed by atoms with E-state index in [1.54, 1.807) is 12.4 Å². The summed E-state index contributed by atoms with van der Waals surface area (Å²) in [6, 6.07) is 0.654. The Bertz CT molecular complexity index is 1080. The van der Waals surface area contributed by atoms with Crippen LogP contribution in [0.15, 0.2) is 22.6 Å². The SMILES string of the molecule is Cc1[nH][nH]c2nc(-c3cncs3)c3c(F)cc(=O)c(F)c3c12. The van der Waals surface area contributed by atoms with Gasteiger partial charge in [0.25, 0.3) is 0 Å². The van der Waals surface area contributed by atoms with Gasteiger partial charge in [0, 0.05) is 28.7 Å². The monoisotopic (exact) mass is 318 g/mol. The van der Waals surface area contributed by atoms with Crippen LogP contribution < -0.4 is 5.43 Å². The summed E-state index contributed by atoms with van der Waals surface area (Å²) in [5, 5.41) is 5.92. The third-order valence-electron chi connectivity index (χ3n) is 3.54. The molecule has 0 saturated heterocycles. The molecule has 0 atom stereocenters.